The van der Waals surface area contributed by atoms with E-state index in [1.165, 1.54) is 57.8 Å². The Balaban J connectivity index is 1.91. The van der Waals surface area contributed by atoms with E-state index in [0.29, 0.717) is 12.0 Å². The van der Waals surface area contributed by atoms with E-state index in [2.05, 4.69) is 6.92 Å². The van der Waals surface area contributed by atoms with Gasteiger partial charge in [-0.05, 0) is 18.6 Å². The Bertz CT molecular complexity index is 467. The van der Waals surface area contributed by atoms with E-state index in [0.717, 1.165) is 19.3 Å². The van der Waals surface area contributed by atoms with Gasteiger partial charge in [0.05, 0.1) is 5.56 Å². The highest BCUT2D eigenvalue weighted by Crippen LogP contribution is 2.13. The minimum absolute atomic E-state index is 0.329. The average Bonchev–Trinajstić information content (AvgIpc) is 2.63. The van der Waals surface area contributed by atoms with E-state index in [-0.39, 0.29) is 0 Å². The van der Waals surface area contributed by atoms with Gasteiger partial charge < -0.3 is 4.74 Å². The third-order valence-corrected chi connectivity index (χ3v) is 4.45. The molecule has 0 bridgehead atoms. The lowest BCUT2D eigenvalue weighted by atomic mass is 10.0. The van der Waals surface area contributed by atoms with E-state index >= 15 is 0 Å². The van der Waals surface area contributed by atoms with Gasteiger partial charge in [0.25, 0.3) is 0 Å². The van der Waals surface area contributed by atoms with Crippen LogP contribution in [-0.2, 0) is 9.53 Å². The third-order valence-electron chi connectivity index (χ3n) is 4.45. The quantitative estimate of drug-likeness (QED) is 0.220. The summed E-state index contributed by atoms with van der Waals surface area (Å²) in [7, 11) is 0. The van der Waals surface area contributed by atoms with Crippen molar-refractivity contribution in [3.05, 3.63) is 35.9 Å². The average molecular weight is 347 g/mol. The standard InChI is InChI=1S/C22H34O3/c1-2-3-4-5-6-7-8-9-10-11-12-16-19-21(23)25-22(24)20-17-14-13-15-18-20/h13-15,17-18H,2-12,16,19H2,1H3. The number of hydrogen-bond acceptors (Lipinski definition) is 3. The molecule has 0 aliphatic carbocycles. The maximum absolute atomic E-state index is 11.7. The summed E-state index contributed by atoms with van der Waals surface area (Å²) in [6, 6.07) is 8.64. The zero-order chi connectivity index (χ0) is 18.2. The van der Waals surface area contributed by atoms with Crippen molar-refractivity contribution in [2.75, 3.05) is 0 Å². The maximum atomic E-state index is 11.7. The predicted octanol–water partition coefficient (Wildman–Crippen LogP) is 6.46. The van der Waals surface area contributed by atoms with Crippen molar-refractivity contribution >= 4 is 11.9 Å². The molecule has 1 rings (SSSR count). The number of benzene rings is 1. The molecule has 0 saturated carbocycles. The lowest BCUT2D eigenvalue weighted by Gasteiger charge is -2.04. The van der Waals surface area contributed by atoms with Crippen LogP contribution in [0.15, 0.2) is 30.3 Å². The lowest BCUT2D eigenvalue weighted by Crippen LogP contribution is -2.12. The number of hydrogen-bond donors (Lipinski definition) is 0. The molecule has 0 atom stereocenters. The van der Waals surface area contributed by atoms with Gasteiger partial charge >= 0.3 is 11.9 Å². The summed E-state index contributed by atoms with van der Waals surface area (Å²) in [6.45, 7) is 2.25. The molecule has 1 aromatic rings. The van der Waals surface area contributed by atoms with Crippen LogP contribution < -0.4 is 0 Å². The fraction of sp³-hybridized carbons (Fsp3) is 0.636. The summed E-state index contributed by atoms with van der Waals surface area (Å²) < 4.78 is 4.86. The van der Waals surface area contributed by atoms with Crippen LogP contribution in [0.1, 0.15) is 101 Å². The zero-order valence-corrected chi connectivity index (χ0v) is 15.8. The normalized spacial score (nSPS) is 10.6. The van der Waals surface area contributed by atoms with Crippen molar-refractivity contribution < 1.29 is 14.3 Å². The highest BCUT2D eigenvalue weighted by molar-refractivity contribution is 5.96. The molecule has 0 aromatic heterocycles. The van der Waals surface area contributed by atoms with Gasteiger partial charge in [0.2, 0.25) is 0 Å². The van der Waals surface area contributed by atoms with Crippen molar-refractivity contribution in [2.24, 2.45) is 0 Å². The number of carbonyl (C=O) groups is 2. The van der Waals surface area contributed by atoms with Crippen LogP contribution in [0, 0.1) is 0 Å². The van der Waals surface area contributed by atoms with Gasteiger partial charge in [-0.15, -0.1) is 0 Å². The summed E-state index contributed by atoms with van der Waals surface area (Å²) in [5.41, 5.74) is 0.422. The third kappa shape index (κ3) is 11.5. The molecule has 0 unspecified atom stereocenters. The fourth-order valence-electron chi connectivity index (χ4n) is 2.90. The SMILES string of the molecule is CCCCCCCCCCCCCCC(=O)OC(=O)c1ccccc1. The van der Waals surface area contributed by atoms with Crippen molar-refractivity contribution in [3.63, 3.8) is 0 Å². The second-order valence-electron chi connectivity index (χ2n) is 6.77. The van der Waals surface area contributed by atoms with E-state index in [1.54, 1.807) is 24.3 Å². The molecule has 0 aliphatic rings. The Hall–Kier alpha value is -1.64. The molecule has 0 radical (unpaired) electrons. The largest absolute Gasteiger partial charge is 0.389 e. The van der Waals surface area contributed by atoms with Crippen LogP contribution in [0.4, 0.5) is 0 Å². The van der Waals surface area contributed by atoms with E-state index in [4.69, 9.17) is 4.74 Å². The van der Waals surface area contributed by atoms with Gasteiger partial charge in [0.15, 0.2) is 0 Å². The Labute approximate surface area is 153 Å². The Morgan fingerprint density at radius 1 is 0.720 bits per heavy atom. The smallest absolute Gasteiger partial charge is 0.345 e. The van der Waals surface area contributed by atoms with E-state index in [9.17, 15) is 9.59 Å². The van der Waals surface area contributed by atoms with Gasteiger partial charge in [-0.25, -0.2) is 4.79 Å². The molecular weight excluding hydrogens is 312 g/mol. The van der Waals surface area contributed by atoms with Gasteiger partial charge in [-0.1, -0.05) is 95.8 Å². The monoisotopic (exact) mass is 346 g/mol. The Morgan fingerprint density at radius 2 is 1.20 bits per heavy atom. The highest BCUT2D eigenvalue weighted by Gasteiger charge is 2.11. The molecular formula is C22H34O3. The Kier molecular flexibility index (Phi) is 12.6. The fourth-order valence-corrected chi connectivity index (χ4v) is 2.90. The minimum Gasteiger partial charge on any atom is -0.389 e. The summed E-state index contributed by atoms with van der Waals surface area (Å²) in [6.07, 6.45) is 15.4. The van der Waals surface area contributed by atoms with Gasteiger partial charge in [0, 0.05) is 6.42 Å². The summed E-state index contributed by atoms with van der Waals surface area (Å²) >= 11 is 0. The van der Waals surface area contributed by atoms with Crippen molar-refractivity contribution in [1.29, 1.82) is 0 Å². The molecule has 1 aromatic carbocycles. The zero-order valence-electron chi connectivity index (χ0n) is 15.8. The summed E-state index contributed by atoms with van der Waals surface area (Å²) in [5, 5.41) is 0. The second kappa shape index (κ2) is 14.7. The van der Waals surface area contributed by atoms with E-state index in [1.807, 2.05) is 6.07 Å². The van der Waals surface area contributed by atoms with Crippen LogP contribution in [0.3, 0.4) is 0 Å². The van der Waals surface area contributed by atoms with Crippen LogP contribution >= 0.6 is 0 Å². The molecule has 0 amide bonds. The van der Waals surface area contributed by atoms with Crippen LogP contribution in [-0.4, -0.2) is 11.9 Å². The number of unbranched alkanes of at least 4 members (excludes halogenated alkanes) is 11. The van der Waals surface area contributed by atoms with E-state index < -0.39 is 11.9 Å². The first-order valence-corrected chi connectivity index (χ1v) is 10.0. The van der Waals surface area contributed by atoms with Crippen LogP contribution in [0.5, 0.6) is 0 Å². The minimum atomic E-state index is -0.551. The van der Waals surface area contributed by atoms with Crippen LogP contribution in [0.2, 0.25) is 0 Å². The van der Waals surface area contributed by atoms with Gasteiger partial charge in [0.1, 0.15) is 0 Å². The molecule has 25 heavy (non-hydrogen) atoms. The van der Waals surface area contributed by atoms with Crippen molar-refractivity contribution in [3.8, 4) is 0 Å². The van der Waals surface area contributed by atoms with Crippen molar-refractivity contribution in [1.82, 2.24) is 0 Å². The van der Waals surface area contributed by atoms with Gasteiger partial charge in [-0.3, -0.25) is 4.79 Å². The molecule has 0 saturated heterocycles. The summed E-state index contributed by atoms with van der Waals surface area (Å²) in [5.74, 6) is -0.967. The molecule has 0 heterocycles. The molecule has 3 nitrogen and oxygen atoms in total. The highest BCUT2D eigenvalue weighted by atomic mass is 16.6. The first-order valence-electron chi connectivity index (χ1n) is 10.0. The lowest BCUT2D eigenvalue weighted by molar-refractivity contribution is -0.138. The number of rotatable bonds is 14. The topological polar surface area (TPSA) is 43.4 Å². The molecule has 0 fully saturated rings. The number of esters is 2. The summed E-state index contributed by atoms with van der Waals surface area (Å²) in [4.78, 5) is 23.4. The van der Waals surface area contributed by atoms with Crippen LogP contribution in [0.25, 0.3) is 0 Å². The molecule has 3 heteroatoms. The number of carbonyl (C=O) groups excluding carboxylic acids is 2. The number of ether oxygens (including phenoxy) is 1. The first-order chi connectivity index (χ1) is 12.2. The predicted molar refractivity (Wildman–Crippen MR) is 103 cm³/mol. The molecule has 0 N–H and O–H groups in total. The molecule has 0 aliphatic heterocycles. The van der Waals surface area contributed by atoms with Gasteiger partial charge in [-0.2, -0.15) is 0 Å². The first kappa shape index (κ1) is 21.4. The van der Waals surface area contributed by atoms with Crippen molar-refractivity contribution in [2.45, 2.75) is 90.4 Å². The Morgan fingerprint density at radius 3 is 1.72 bits per heavy atom. The second-order valence-corrected chi connectivity index (χ2v) is 6.77. The molecule has 140 valence electrons. The molecule has 0 spiro atoms. The maximum Gasteiger partial charge on any atom is 0.345 e.